The fourth-order valence-corrected chi connectivity index (χ4v) is 2.80. The van der Waals surface area contributed by atoms with Gasteiger partial charge < -0.3 is 15.6 Å². The molecule has 0 aliphatic heterocycles. The van der Waals surface area contributed by atoms with Crippen molar-refractivity contribution in [2.75, 3.05) is 5.32 Å². The van der Waals surface area contributed by atoms with E-state index in [1.54, 1.807) is 18.5 Å². The number of aromatic amines is 1. The fourth-order valence-electron chi connectivity index (χ4n) is 2.80. The number of rotatable bonds is 5. The maximum absolute atomic E-state index is 12.4. The molecule has 3 aromatic rings. The van der Waals surface area contributed by atoms with Crippen LogP contribution < -0.4 is 10.6 Å². The minimum Gasteiger partial charge on any atom is -0.351 e. The van der Waals surface area contributed by atoms with Crippen molar-refractivity contribution in [3.63, 3.8) is 0 Å². The predicted molar refractivity (Wildman–Crippen MR) is 106 cm³/mol. The molecule has 0 aliphatic carbocycles. The normalized spacial score (nSPS) is 11.4. The van der Waals surface area contributed by atoms with Gasteiger partial charge in [0.05, 0.1) is 0 Å². The van der Waals surface area contributed by atoms with Crippen molar-refractivity contribution >= 4 is 28.4 Å². The summed E-state index contributed by atoms with van der Waals surface area (Å²) in [6, 6.07) is 11.1. The second kappa shape index (κ2) is 7.61. The summed E-state index contributed by atoms with van der Waals surface area (Å²) in [6.45, 7) is 6.52. The zero-order valence-corrected chi connectivity index (χ0v) is 15.8. The Labute approximate surface area is 158 Å². The van der Waals surface area contributed by atoms with E-state index in [9.17, 15) is 9.59 Å². The highest BCUT2D eigenvalue weighted by Gasteiger charge is 2.16. The molecule has 2 aromatic heterocycles. The van der Waals surface area contributed by atoms with Crippen LogP contribution in [-0.4, -0.2) is 21.8 Å². The number of nitrogens with one attached hydrogen (secondary N) is 3. The van der Waals surface area contributed by atoms with Gasteiger partial charge in [-0.3, -0.25) is 14.6 Å². The Balaban J connectivity index is 1.68. The highest BCUT2D eigenvalue weighted by Crippen LogP contribution is 2.23. The van der Waals surface area contributed by atoms with E-state index in [0.717, 1.165) is 22.2 Å². The van der Waals surface area contributed by atoms with Crippen LogP contribution in [0.4, 0.5) is 5.69 Å². The average molecular weight is 364 g/mol. The van der Waals surface area contributed by atoms with Crippen LogP contribution in [0.2, 0.25) is 0 Å². The van der Waals surface area contributed by atoms with Crippen LogP contribution in [0.25, 0.3) is 10.9 Å². The first-order valence-corrected chi connectivity index (χ1v) is 8.90. The Kier molecular flexibility index (Phi) is 5.26. The summed E-state index contributed by atoms with van der Waals surface area (Å²) < 4.78 is 0. The Morgan fingerprint density at radius 2 is 1.81 bits per heavy atom. The lowest BCUT2D eigenvalue weighted by atomic mass is 9.92. The molecular weight excluding hydrogens is 340 g/mol. The summed E-state index contributed by atoms with van der Waals surface area (Å²) in [6.07, 6.45) is 3.83. The third kappa shape index (κ3) is 5.17. The first-order valence-electron chi connectivity index (χ1n) is 8.90. The second-order valence-corrected chi connectivity index (χ2v) is 7.81. The molecule has 0 atom stereocenters. The molecule has 0 unspecified atom stereocenters. The number of pyridine rings is 1. The minimum absolute atomic E-state index is 0.0206. The summed E-state index contributed by atoms with van der Waals surface area (Å²) in [5, 5.41) is 6.67. The fraction of sp³-hybridized carbons (Fsp3) is 0.286. The van der Waals surface area contributed by atoms with Crippen molar-refractivity contribution in [3.05, 3.63) is 60.0 Å². The number of fused-ring (bicyclic) bond motifs is 1. The number of benzene rings is 1. The van der Waals surface area contributed by atoms with E-state index in [0.29, 0.717) is 18.7 Å². The Bertz CT molecular complexity index is 955. The van der Waals surface area contributed by atoms with Crippen LogP contribution in [0.5, 0.6) is 0 Å². The molecule has 0 radical (unpaired) electrons. The maximum atomic E-state index is 12.4. The van der Waals surface area contributed by atoms with E-state index in [1.807, 2.05) is 51.1 Å². The van der Waals surface area contributed by atoms with E-state index in [4.69, 9.17) is 0 Å². The number of amides is 2. The maximum Gasteiger partial charge on any atom is 0.267 e. The van der Waals surface area contributed by atoms with Crippen molar-refractivity contribution in [3.8, 4) is 0 Å². The number of aromatic nitrogens is 2. The van der Waals surface area contributed by atoms with Crippen LogP contribution in [0.1, 0.15) is 43.2 Å². The monoisotopic (exact) mass is 364 g/mol. The molecule has 3 N–H and O–H groups in total. The minimum atomic E-state index is -0.179. The highest BCUT2D eigenvalue weighted by atomic mass is 16.2. The Hall–Kier alpha value is -3.15. The molecule has 0 aliphatic rings. The van der Waals surface area contributed by atoms with Gasteiger partial charge in [0.1, 0.15) is 5.69 Å². The topological polar surface area (TPSA) is 86.9 Å². The number of H-pyrrole nitrogens is 1. The highest BCUT2D eigenvalue weighted by molar-refractivity contribution is 5.99. The van der Waals surface area contributed by atoms with Crippen LogP contribution in [0.3, 0.4) is 0 Å². The number of anilines is 1. The van der Waals surface area contributed by atoms with Gasteiger partial charge in [-0.05, 0) is 47.4 Å². The largest absolute Gasteiger partial charge is 0.351 e. The number of carbonyl (C=O) groups is 2. The van der Waals surface area contributed by atoms with Gasteiger partial charge in [0.2, 0.25) is 5.91 Å². The number of nitrogens with zero attached hydrogens (tertiary/aromatic N) is 1. The molecule has 0 saturated heterocycles. The van der Waals surface area contributed by atoms with Crippen molar-refractivity contribution in [1.29, 1.82) is 0 Å². The van der Waals surface area contributed by atoms with Crippen LogP contribution in [-0.2, 0) is 11.3 Å². The average Bonchev–Trinajstić information content (AvgIpc) is 3.02. The van der Waals surface area contributed by atoms with Gasteiger partial charge in [-0.15, -0.1) is 0 Å². The third-order valence-corrected chi connectivity index (χ3v) is 4.04. The van der Waals surface area contributed by atoms with Gasteiger partial charge in [-0.1, -0.05) is 20.8 Å². The van der Waals surface area contributed by atoms with E-state index in [1.165, 1.54) is 0 Å². The molecule has 0 spiro atoms. The zero-order chi connectivity index (χ0) is 19.4. The van der Waals surface area contributed by atoms with Crippen LogP contribution in [0.15, 0.2) is 48.8 Å². The predicted octanol–water partition coefficient (Wildman–Crippen LogP) is 3.87. The van der Waals surface area contributed by atoms with Gasteiger partial charge in [-0.25, -0.2) is 0 Å². The molecule has 6 nitrogen and oxygen atoms in total. The molecule has 0 fully saturated rings. The van der Waals surface area contributed by atoms with Crippen molar-refractivity contribution in [2.45, 2.75) is 33.7 Å². The summed E-state index contributed by atoms with van der Waals surface area (Å²) in [5.74, 6) is -0.200. The molecule has 0 bridgehead atoms. The van der Waals surface area contributed by atoms with E-state index >= 15 is 0 Å². The Morgan fingerprint density at radius 3 is 2.52 bits per heavy atom. The first kappa shape index (κ1) is 18.6. The van der Waals surface area contributed by atoms with Crippen molar-refractivity contribution < 1.29 is 9.59 Å². The standard InChI is InChI=1S/C21H24N4O2/c1-21(2,3)12-19(26)24-16-4-5-17-15(10-16)11-18(25-17)20(27)23-13-14-6-8-22-9-7-14/h4-11,25H,12-13H2,1-3H3,(H,23,27)(H,24,26). The molecule has 1 aromatic carbocycles. The first-order chi connectivity index (χ1) is 12.8. The number of hydrogen-bond acceptors (Lipinski definition) is 3. The molecule has 6 heteroatoms. The van der Waals surface area contributed by atoms with Crippen molar-refractivity contribution in [1.82, 2.24) is 15.3 Å². The quantitative estimate of drug-likeness (QED) is 0.642. The molecule has 0 saturated carbocycles. The number of carbonyl (C=O) groups excluding carboxylic acids is 2. The number of hydrogen-bond donors (Lipinski definition) is 3. The molecule has 140 valence electrons. The van der Waals surface area contributed by atoms with Gasteiger partial charge in [0.25, 0.3) is 5.91 Å². The Morgan fingerprint density at radius 1 is 1.07 bits per heavy atom. The second-order valence-electron chi connectivity index (χ2n) is 7.81. The molecule has 2 amide bonds. The summed E-state index contributed by atoms with van der Waals surface area (Å²) in [5.41, 5.74) is 2.97. The lowest BCUT2D eigenvalue weighted by molar-refractivity contribution is -0.117. The van der Waals surface area contributed by atoms with E-state index in [-0.39, 0.29) is 17.2 Å². The van der Waals surface area contributed by atoms with Gasteiger partial charge >= 0.3 is 0 Å². The van der Waals surface area contributed by atoms with Gasteiger partial charge in [-0.2, -0.15) is 0 Å². The summed E-state index contributed by atoms with van der Waals surface area (Å²) in [7, 11) is 0. The SMILES string of the molecule is CC(C)(C)CC(=O)Nc1ccc2[nH]c(C(=O)NCc3ccncc3)cc2c1. The van der Waals surface area contributed by atoms with Crippen LogP contribution in [0, 0.1) is 5.41 Å². The van der Waals surface area contributed by atoms with Crippen LogP contribution >= 0.6 is 0 Å². The molecule has 27 heavy (non-hydrogen) atoms. The summed E-state index contributed by atoms with van der Waals surface area (Å²) >= 11 is 0. The van der Waals surface area contributed by atoms with Crippen molar-refractivity contribution in [2.24, 2.45) is 5.41 Å². The lowest BCUT2D eigenvalue weighted by Crippen LogP contribution is -2.23. The third-order valence-electron chi connectivity index (χ3n) is 4.04. The zero-order valence-electron chi connectivity index (χ0n) is 15.8. The molecule has 3 rings (SSSR count). The van der Waals surface area contributed by atoms with Gasteiger partial charge in [0.15, 0.2) is 0 Å². The molecular formula is C21H24N4O2. The van der Waals surface area contributed by atoms with E-state index in [2.05, 4.69) is 20.6 Å². The van der Waals surface area contributed by atoms with E-state index < -0.39 is 0 Å². The smallest absolute Gasteiger partial charge is 0.267 e. The van der Waals surface area contributed by atoms with Gasteiger partial charge in [0, 0.05) is 41.9 Å². The molecule has 2 heterocycles. The lowest BCUT2D eigenvalue weighted by Gasteiger charge is -2.17. The summed E-state index contributed by atoms with van der Waals surface area (Å²) in [4.78, 5) is 31.6.